The number of Topliss-reactive ketones (excluding diaryl/α,β-unsaturated/α-hetero) is 1. The monoisotopic (exact) mass is 301 g/mol. The van der Waals surface area contributed by atoms with Gasteiger partial charge in [-0.25, -0.2) is 4.68 Å². The summed E-state index contributed by atoms with van der Waals surface area (Å²) in [6.07, 6.45) is 0.0180. The molecule has 7 nitrogen and oxygen atoms in total. The molecule has 1 aromatic carbocycles. The molecule has 0 saturated heterocycles. The molecule has 0 fully saturated rings. The van der Waals surface area contributed by atoms with Gasteiger partial charge in [-0.1, -0.05) is 12.1 Å². The van der Waals surface area contributed by atoms with Crippen molar-refractivity contribution in [1.29, 1.82) is 0 Å². The van der Waals surface area contributed by atoms with Gasteiger partial charge in [0, 0.05) is 29.8 Å². The minimum Gasteiger partial charge on any atom is -0.326 e. The number of amides is 1. The van der Waals surface area contributed by atoms with Gasteiger partial charge in [-0.2, -0.15) is 0 Å². The lowest BCUT2D eigenvalue weighted by atomic mass is 10.1. The van der Waals surface area contributed by atoms with Crippen LogP contribution in [0, 0.1) is 0 Å². The Labute approximate surface area is 125 Å². The van der Waals surface area contributed by atoms with Gasteiger partial charge in [0.15, 0.2) is 5.78 Å². The molecule has 2 rings (SSSR count). The van der Waals surface area contributed by atoms with E-state index >= 15 is 0 Å². The molecule has 0 radical (unpaired) electrons. The predicted molar refractivity (Wildman–Crippen MR) is 81.0 cm³/mol. The molecule has 0 aliphatic heterocycles. The van der Waals surface area contributed by atoms with Crippen LogP contribution in [-0.4, -0.2) is 21.5 Å². The van der Waals surface area contributed by atoms with E-state index in [0.717, 1.165) is 16.8 Å². The molecule has 2 N–H and O–H groups in total. The van der Waals surface area contributed by atoms with Gasteiger partial charge in [0.05, 0.1) is 6.54 Å². The Morgan fingerprint density at radius 2 is 1.95 bits per heavy atom. The molecule has 0 bridgehead atoms. The van der Waals surface area contributed by atoms with Crippen molar-refractivity contribution in [2.24, 2.45) is 0 Å². The van der Waals surface area contributed by atoms with Crippen LogP contribution in [0.2, 0.25) is 0 Å². The van der Waals surface area contributed by atoms with E-state index in [1.807, 2.05) is 0 Å². The van der Waals surface area contributed by atoms with Crippen molar-refractivity contribution in [3.8, 4) is 0 Å². The number of aryl methyl sites for hydroxylation is 1. The minimum atomic E-state index is -0.408. The topological polar surface area (TPSA) is 101 Å². The highest BCUT2D eigenvalue weighted by atomic mass is 16.2. The Morgan fingerprint density at radius 3 is 2.68 bits per heavy atom. The SMILES string of the molecule is CC(=O)c1cccc(NC(=O)CCn2[nH]c(=O)ccc2=O)c1. The average Bonchev–Trinajstić information content (AvgIpc) is 2.48. The Bertz CT molecular complexity index is 820. The van der Waals surface area contributed by atoms with Gasteiger partial charge in [0.25, 0.3) is 11.1 Å². The number of carbonyl (C=O) groups is 2. The van der Waals surface area contributed by atoms with Crippen molar-refractivity contribution < 1.29 is 9.59 Å². The first kappa shape index (κ1) is 15.4. The van der Waals surface area contributed by atoms with Gasteiger partial charge in [0.1, 0.15) is 0 Å². The zero-order chi connectivity index (χ0) is 16.1. The number of benzene rings is 1. The van der Waals surface area contributed by atoms with Crippen LogP contribution in [0.1, 0.15) is 23.7 Å². The van der Waals surface area contributed by atoms with Crippen LogP contribution in [0.15, 0.2) is 46.0 Å². The highest BCUT2D eigenvalue weighted by Gasteiger charge is 2.06. The van der Waals surface area contributed by atoms with Crippen LogP contribution >= 0.6 is 0 Å². The molecule has 22 heavy (non-hydrogen) atoms. The lowest BCUT2D eigenvalue weighted by molar-refractivity contribution is -0.116. The standard InChI is InChI=1S/C15H15N3O4/c1-10(19)11-3-2-4-12(9-11)16-13(20)7-8-18-15(22)6-5-14(21)17-18/h2-6,9H,7-8H2,1H3,(H,16,20)(H,17,21). The summed E-state index contributed by atoms with van der Waals surface area (Å²) in [7, 11) is 0. The van der Waals surface area contributed by atoms with Crippen molar-refractivity contribution in [2.45, 2.75) is 19.9 Å². The molecular formula is C15H15N3O4. The van der Waals surface area contributed by atoms with Crippen molar-refractivity contribution in [3.05, 3.63) is 62.7 Å². The van der Waals surface area contributed by atoms with Crippen molar-refractivity contribution in [2.75, 3.05) is 5.32 Å². The second kappa shape index (κ2) is 6.66. The number of hydrogen-bond donors (Lipinski definition) is 2. The van der Waals surface area contributed by atoms with Gasteiger partial charge in [-0.15, -0.1) is 0 Å². The second-order valence-corrected chi connectivity index (χ2v) is 4.73. The number of anilines is 1. The first-order valence-corrected chi connectivity index (χ1v) is 6.67. The highest BCUT2D eigenvalue weighted by Crippen LogP contribution is 2.11. The smallest absolute Gasteiger partial charge is 0.265 e. The summed E-state index contributed by atoms with van der Waals surface area (Å²) in [5.74, 6) is -0.415. The molecule has 1 heterocycles. The first-order valence-electron chi connectivity index (χ1n) is 6.67. The maximum atomic E-state index is 11.9. The number of H-pyrrole nitrogens is 1. The van der Waals surface area contributed by atoms with Crippen LogP contribution in [-0.2, 0) is 11.3 Å². The summed E-state index contributed by atoms with van der Waals surface area (Å²) >= 11 is 0. The summed E-state index contributed by atoms with van der Waals surface area (Å²) in [5, 5.41) is 4.99. The van der Waals surface area contributed by atoms with Crippen LogP contribution in [0.3, 0.4) is 0 Å². The first-order chi connectivity index (χ1) is 10.5. The van der Waals surface area contributed by atoms with Crippen LogP contribution in [0.4, 0.5) is 5.69 Å². The number of carbonyl (C=O) groups excluding carboxylic acids is 2. The zero-order valence-corrected chi connectivity index (χ0v) is 12.0. The molecule has 0 atom stereocenters. The number of aromatic nitrogens is 2. The Balaban J connectivity index is 2.00. The number of nitrogens with zero attached hydrogens (tertiary/aromatic N) is 1. The van der Waals surface area contributed by atoms with Gasteiger partial charge in [-0.3, -0.25) is 24.3 Å². The van der Waals surface area contributed by atoms with Gasteiger partial charge < -0.3 is 5.32 Å². The van der Waals surface area contributed by atoms with Crippen LogP contribution in [0.25, 0.3) is 0 Å². The summed E-state index contributed by atoms with van der Waals surface area (Å²) in [6.45, 7) is 1.51. The van der Waals surface area contributed by atoms with Crippen LogP contribution in [0.5, 0.6) is 0 Å². The van der Waals surface area contributed by atoms with E-state index in [1.54, 1.807) is 24.3 Å². The Hall–Kier alpha value is -2.96. The molecular weight excluding hydrogens is 286 g/mol. The lowest BCUT2D eigenvalue weighted by Gasteiger charge is -2.07. The molecule has 0 saturated carbocycles. The fraction of sp³-hybridized carbons (Fsp3) is 0.200. The number of ketones is 1. The van der Waals surface area contributed by atoms with E-state index in [9.17, 15) is 19.2 Å². The van der Waals surface area contributed by atoms with E-state index in [2.05, 4.69) is 10.4 Å². The summed E-state index contributed by atoms with van der Waals surface area (Å²) in [5.41, 5.74) is 0.216. The normalized spacial score (nSPS) is 10.2. The zero-order valence-electron chi connectivity index (χ0n) is 12.0. The lowest BCUT2D eigenvalue weighted by Crippen LogP contribution is -2.29. The minimum absolute atomic E-state index is 0.0180. The third-order valence-corrected chi connectivity index (χ3v) is 3.00. The summed E-state index contributed by atoms with van der Waals surface area (Å²) in [6, 6.07) is 8.86. The van der Waals surface area contributed by atoms with Crippen molar-refractivity contribution >= 4 is 17.4 Å². The second-order valence-electron chi connectivity index (χ2n) is 4.73. The molecule has 0 aliphatic rings. The Kier molecular flexibility index (Phi) is 4.67. The molecule has 0 unspecified atom stereocenters. The molecule has 7 heteroatoms. The fourth-order valence-electron chi connectivity index (χ4n) is 1.88. The molecule has 2 aromatic rings. The fourth-order valence-corrected chi connectivity index (χ4v) is 1.88. The highest BCUT2D eigenvalue weighted by molar-refractivity contribution is 5.97. The van der Waals surface area contributed by atoms with E-state index in [1.165, 1.54) is 6.92 Å². The third kappa shape index (κ3) is 4.02. The predicted octanol–water partition coefficient (Wildman–Crippen LogP) is 0.768. The summed E-state index contributed by atoms with van der Waals surface area (Å²) < 4.78 is 1.08. The molecule has 1 amide bonds. The van der Waals surface area contributed by atoms with E-state index in [4.69, 9.17) is 0 Å². The number of nitrogens with one attached hydrogen (secondary N) is 2. The number of hydrogen-bond acceptors (Lipinski definition) is 4. The van der Waals surface area contributed by atoms with Gasteiger partial charge in [0.2, 0.25) is 5.91 Å². The van der Waals surface area contributed by atoms with E-state index in [-0.39, 0.29) is 30.2 Å². The molecule has 114 valence electrons. The largest absolute Gasteiger partial charge is 0.326 e. The number of rotatable bonds is 5. The maximum absolute atomic E-state index is 11.9. The van der Waals surface area contributed by atoms with Gasteiger partial charge in [-0.05, 0) is 19.1 Å². The van der Waals surface area contributed by atoms with E-state index < -0.39 is 5.56 Å². The number of aromatic amines is 1. The quantitative estimate of drug-likeness (QED) is 0.796. The Morgan fingerprint density at radius 1 is 1.18 bits per heavy atom. The average molecular weight is 301 g/mol. The maximum Gasteiger partial charge on any atom is 0.265 e. The molecule has 0 aliphatic carbocycles. The van der Waals surface area contributed by atoms with Crippen LogP contribution < -0.4 is 16.4 Å². The van der Waals surface area contributed by atoms with Crippen molar-refractivity contribution in [1.82, 2.24) is 9.78 Å². The molecule has 1 aromatic heterocycles. The summed E-state index contributed by atoms with van der Waals surface area (Å²) in [4.78, 5) is 45.8. The molecule has 0 spiro atoms. The van der Waals surface area contributed by atoms with Crippen molar-refractivity contribution in [3.63, 3.8) is 0 Å². The van der Waals surface area contributed by atoms with E-state index in [0.29, 0.717) is 11.3 Å². The third-order valence-electron chi connectivity index (χ3n) is 3.00. The van der Waals surface area contributed by atoms with Gasteiger partial charge >= 0.3 is 0 Å².